The molecule has 0 radical (unpaired) electrons. The lowest BCUT2D eigenvalue weighted by Crippen LogP contribution is -2.38. The summed E-state index contributed by atoms with van der Waals surface area (Å²) in [5.41, 5.74) is 23.6. The van der Waals surface area contributed by atoms with E-state index in [-0.39, 0.29) is 0 Å². The van der Waals surface area contributed by atoms with Crippen LogP contribution in [0.4, 0.5) is 0 Å². The molecule has 64 heavy (non-hydrogen) atoms. The second-order valence-electron chi connectivity index (χ2n) is 26.9. The Bertz CT molecular complexity index is 2320. The van der Waals surface area contributed by atoms with Crippen molar-refractivity contribution in [2.75, 3.05) is 0 Å². The molecule has 4 fully saturated rings. The first kappa shape index (κ1) is 46.0. The van der Waals surface area contributed by atoms with Gasteiger partial charge in [0.2, 0.25) is 0 Å². The normalized spacial score (nSPS) is 21.9. The molecule has 0 bridgehead atoms. The third kappa shape index (κ3) is 8.44. The van der Waals surface area contributed by atoms with E-state index in [1.165, 1.54) is 128 Å². The molecule has 344 valence electrons. The molecule has 0 saturated heterocycles. The van der Waals surface area contributed by atoms with Gasteiger partial charge in [0.25, 0.3) is 0 Å². The minimum absolute atomic E-state index is 0.299. The average molecular weight is 857 g/mol. The fraction of sp³-hybridized carbons (Fsp3) is 0.625. The van der Waals surface area contributed by atoms with Crippen molar-refractivity contribution in [1.29, 1.82) is 0 Å². The predicted molar refractivity (Wildman–Crippen MR) is 276 cm³/mol. The van der Waals surface area contributed by atoms with Gasteiger partial charge in [0.1, 0.15) is 0 Å². The summed E-state index contributed by atoms with van der Waals surface area (Å²) in [5, 5.41) is 0. The molecule has 0 atom stereocenters. The van der Waals surface area contributed by atoms with Crippen molar-refractivity contribution in [2.45, 2.75) is 255 Å². The van der Waals surface area contributed by atoms with Crippen LogP contribution in [0.25, 0.3) is 0 Å². The number of benzene rings is 4. The molecule has 0 amide bonds. The van der Waals surface area contributed by atoms with Crippen LogP contribution in [0.2, 0.25) is 0 Å². The Morgan fingerprint density at radius 2 is 0.500 bits per heavy atom. The van der Waals surface area contributed by atoms with Crippen molar-refractivity contribution in [2.24, 2.45) is 0 Å². The second kappa shape index (κ2) is 16.3. The molecule has 8 aliphatic carbocycles. The minimum atomic E-state index is 0.299. The standard InChI is InChI=1S/C17H24.2C16H22.C15H20/c1-16(2,3)14-8-4-9-15-13(14)7-5-10-17(15)11-6-12-17;1-15(2,3)13-7-4-8-14-12(13)6-5-9-16(14)10-11-16;1-15(2,3)13-6-4-7-14-12(13)8-11-16(14)9-5-10-16;1-14(2,3)12-5-4-6-13-11(12)7-8-15(13)9-10-15/h4,8-9H,5-7,10-12H2,1-3H3;4,7-8H,5-6,9-11H2,1-3H3;4,6-7H,5,8-11H2,1-3H3;4-6H,7-10H2,1-3H3. The Balaban J connectivity index is 0.000000108. The fourth-order valence-electron chi connectivity index (χ4n) is 14.3. The van der Waals surface area contributed by atoms with Crippen LogP contribution in [0.1, 0.15) is 253 Å². The number of hydrogen-bond donors (Lipinski definition) is 0. The lowest BCUT2D eigenvalue weighted by Gasteiger charge is -2.47. The molecule has 0 heteroatoms. The van der Waals surface area contributed by atoms with Gasteiger partial charge >= 0.3 is 0 Å². The van der Waals surface area contributed by atoms with E-state index in [1.54, 1.807) is 66.8 Å². The van der Waals surface area contributed by atoms with Crippen LogP contribution in [0.5, 0.6) is 0 Å². The van der Waals surface area contributed by atoms with Crippen LogP contribution in [-0.4, -0.2) is 0 Å². The highest BCUT2D eigenvalue weighted by molar-refractivity contribution is 5.51. The maximum atomic E-state index is 2.42. The monoisotopic (exact) mass is 857 g/mol. The number of fused-ring (bicyclic) bond motifs is 8. The highest BCUT2D eigenvalue weighted by Crippen LogP contribution is 2.59. The third-order valence-electron chi connectivity index (χ3n) is 18.4. The molecule has 12 rings (SSSR count). The zero-order chi connectivity index (χ0) is 45.6. The quantitative estimate of drug-likeness (QED) is 0.165. The molecule has 0 heterocycles. The summed E-state index contributed by atoms with van der Waals surface area (Å²) in [6.07, 6.45) is 28.2. The molecule has 0 nitrogen and oxygen atoms in total. The van der Waals surface area contributed by atoms with E-state index >= 15 is 0 Å². The van der Waals surface area contributed by atoms with E-state index in [1.807, 2.05) is 0 Å². The molecule has 4 aromatic carbocycles. The van der Waals surface area contributed by atoms with Crippen molar-refractivity contribution in [1.82, 2.24) is 0 Å². The molecule has 0 N–H and O–H groups in total. The summed E-state index contributed by atoms with van der Waals surface area (Å²) >= 11 is 0. The van der Waals surface area contributed by atoms with Crippen molar-refractivity contribution in [3.63, 3.8) is 0 Å². The zero-order valence-electron chi connectivity index (χ0n) is 43.1. The van der Waals surface area contributed by atoms with Crippen LogP contribution in [0, 0.1) is 0 Å². The van der Waals surface area contributed by atoms with E-state index in [4.69, 9.17) is 0 Å². The van der Waals surface area contributed by atoms with Gasteiger partial charge in [-0.1, -0.05) is 169 Å². The number of hydrogen-bond acceptors (Lipinski definition) is 0. The van der Waals surface area contributed by atoms with Gasteiger partial charge in [-0.2, -0.15) is 0 Å². The van der Waals surface area contributed by atoms with Gasteiger partial charge in [0.15, 0.2) is 0 Å². The SMILES string of the molecule is CC(C)(C)c1cccc2c1CCC21CC1.CC(C)(C)c1cccc2c1CCC21CCC1.CC(C)(C)c1cccc2c1CCCC21CC1.CC(C)(C)c1cccc2c1CCCC21CCC1. The molecular weight excluding hydrogens is 769 g/mol. The average Bonchev–Trinajstić information content (AvgIpc) is 4.10. The number of rotatable bonds is 0. The van der Waals surface area contributed by atoms with Gasteiger partial charge in [-0.15, -0.1) is 0 Å². The summed E-state index contributed by atoms with van der Waals surface area (Å²) in [7, 11) is 0. The van der Waals surface area contributed by atoms with Gasteiger partial charge in [0.05, 0.1) is 0 Å². The van der Waals surface area contributed by atoms with E-state index < -0.39 is 0 Å². The topological polar surface area (TPSA) is 0 Å². The summed E-state index contributed by atoms with van der Waals surface area (Å²) in [6.45, 7) is 28.1. The Morgan fingerprint density at radius 3 is 0.750 bits per heavy atom. The first-order valence-corrected chi connectivity index (χ1v) is 26.6. The van der Waals surface area contributed by atoms with Crippen LogP contribution in [0.15, 0.2) is 72.8 Å². The molecule has 4 saturated carbocycles. The fourth-order valence-corrected chi connectivity index (χ4v) is 14.3. The molecule has 4 aromatic rings. The molecule has 4 spiro atoms. The lowest BCUT2D eigenvalue weighted by atomic mass is 9.57. The van der Waals surface area contributed by atoms with Crippen LogP contribution >= 0.6 is 0 Å². The highest BCUT2D eigenvalue weighted by atomic mass is 14.5. The first-order valence-electron chi connectivity index (χ1n) is 26.6. The van der Waals surface area contributed by atoms with Gasteiger partial charge < -0.3 is 0 Å². The smallest absolute Gasteiger partial charge is 0.00403 e. The molecule has 0 unspecified atom stereocenters. The summed E-state index contributed by atoms with van der Waals surface area (Å²) in [5.74, 6) is 0. The van der Waals surface area contributed by atoms with E-state index in [2.05, 4.69) is 156 Å². The molecule has 0 aliphatic heterocycles. The first-order chi connectivity index (χ1) is 30.1. The van der Waals surface area contributed by atoms with Gasteiger partial charge in [-0.25, -0.2) is 0 Å². The molecular formula is C64H88. The Labute approximate surface area is 392 Å². The Kier molecular flexibility index (Phi) is 11.7. The Hall–Kier alpha value is -3.12. The van der Waals surface area contributed by atoms with Crippen LogP contribution in [-0.2, 0) is 69.0 Å². The van der Waals surface area contributed by atoms with Crippen LogP contribution < -0.4 is 0 Å². The second-order valence-corrected chi connectivity index (χ2v) is 26.9. The van der Waals surface area contributed by atoms with E-state index in [9.17, 15) is 0 Å². The van der Waals surface area contributed by atoms with E-state index in [0.717, 1.165) is 0 Å². The molecule has 8 aliphatic rings. The minimum Gasteiger partial charge on any atom is -0.0617 e. The summed E-state index contributed by atoms with van der Waals surface area (Å²) in [4.78, 5) is 0. The summed E-state index contributed by atoms with van der Waals surface area (Å²) < 4.78 is 0. The Morgan fingerprint density at radius 1 is 0.266 bits per heavy atom. The lowest BCUT2D eigenvalue weighted by molar-refractivity contribution is 0.208. The highest BCUT2D eigenvalue weighted by Gasteiger charge is 2.50. The van der Waals surface area contributed by atoms with Gasteiger partial charge in [-0.05, 0) is 226 Å². The maximum absolute atomic E-state index is 2.42. The van der Waals surface area contributed by atoms with Crippen molar-refractivity contribution >= 4 is 0 Å². The predicted octanol–water partition coefficient (Wildman–Crippen LogP) is 17.4. The van der Waals surface area contributed by atoms with Crippen molar-refractivity contribution in [3.05, 3.63) is 140 Å². The zero-order valence-corrected chi connectivity index (χ0v) is 43.1. The third-order valence-corrected chi connectivity index (χ3v) is 18.4. The largest absolute Gasteiger partial charge is 0.0617 e. The van der Waals surface area contributed by atoms with Crippen LogP contribution in [0.3, 0.4) is 0 Å². The van der Waals surface area contributed by atoms with Gasteiger partial charge in [0, 0.05) is 0 Å². The summed E-state index contributed by atoms with van der Waals surface area (Å²) in [6, 6.07) is 28.1. The van der Waals surface area contributed by atoms with E-state index in [0.29, 0.717) is 43.3 Å². The van der Waals surface area contributed by atoms with Gasteiger partial charge in [-0.3, -0.25) is 0 Å². The molecule has 0 aromatic heterocycles. The van der Waals surface area contributed by atoms with Crippen molar-refractivity contribution in [3.8, 4) is 0 Å². The van der Waals surface area contributed by atoms with Crippen molar-refractivity contribution < 1.29 is 0 Å². The maximum Gasteiger partial charge on any atom is -0.00403 e.